The van der Waals surface area contributed by atoms with Crippen LogP contribution in [-0.4, -0.2) is 39.4 Å². The van der Waals surface area contributed by atoms with E-state index in [1.807, 2.05) is 39.0 Å². The number of hydrogen-bond donors (Lipinski definition) is 1. The quantitative estimate of drug-likeness (QED) is 0.718. The largest absolute Gasteiger partial charge is 0.496 e. The number of ether oxygens (including phenoxy) is 1. The fourth-order valence-electron chi connectivity index (χ4n) is 4.14. The van der Waals surface area contributed by atoms with Crippen molar-refractivity contribution in [2.75, 3.05) is 20.2 Å². The Balaban J connectivity index is 1.88. The maximum absolute atomic E-state index is 13.2. The molecule has 0 bridgehead atoms. The lowest BCUT2D eigenvalue weighted by Crippen LogP contribution is -2.32. The molecule has 1 amide bonds. The zero-order chi connectivity index (χ0) is 22.6. The summed E-state index contributed by atoms with van der Waals surface area (Å²) in [7, 11) is -2.34. The SMILES string of the molecule is COc1ccc(S(=O)(=O)N[C@@H](C)c2ccc(C)cc2C)cc1C(=O)N1CCCCCC1. The maximum Gasteiger partial charge on any atom is 0.257 e. The second-order valence-corrected chi connectivity index (χ2v) is 9.99. The number of sulfonamides is 1. The molecule has 168 valence electrons. The minimum Gasteiger partial charge on any atom is -0.496 e. The molecule has 1 aliphatic rings. The topological polar surface area (TPSA) is 75.7 Å². The van der Waals surface area contributed by atoms with Crippen molar-refractivity contribution in [2.24, 2.45) is 0 Å². The number of carbonyl (C=O) groups excluding carboxylic acids is 1. The molecule has 1 N–H and O–H groups in total. The van der Waals surface area contributed by atoms with Crippen molar-refractivity contribution in [2.45, 2.75) is 57.4 Å². The first kappa shape index (κ1) is 23.3. The standard InChI is InChI=1S/C24H32N2O4S/c1-17-9-11-21(18(2)15-17)19(3)25-31(28,29)20-10-12-23(30-4)22(16-20)24(27)26-13-7-5-6-8-14-26/h9-12,15-16,19,25H,5-8,13-14H2,1-4H3/t19-/m0/s1. The van der Waals surface area contributed by atoms with Crippen LogP contribution in [0.15, 0.2) is 41.3 Å². The predicted octanol–water partition coefficient (Wildman–Crippen LogP) is 4.37. The third-order valence-corrected chi connectivity index (χ3v) is 7.37. The number of aryl methyl sites for hydroxylation is 2. The molecule has 1 atom stereocenters. The van der Waals surface area contributed by atoms with Crippen molar-refractivity contribution in [1.82, 2.24) is 9.62 Å². The molecule has 0 saturated carbocycles. The Morgan fingerprint density at radius 2 is 1.71 bits per heavy atom. The van der Waals surface area contributed by atoms with Gasteiger partial charge in [0.25, 0.3) is 5.91 Å². The van der Waals surface area contributed by atoms with Crippen molar-refractivity contribution >= 4 is 15.9 Å². The molecule has 0 unspecified atom stereocenters. The molecule has 1 aliphatic heterocycles. The fourth-order valence-corrected chi connectivity index (χ4v) is 5.39. The number of methoxy groups -OCH3 is 1. The summed E-state index contributed by atoms with van der Waals surface area (Å²) in [5, 5.41) is 0. The van der Waals surface area contributed by atoms with E-state index in [4.69, 9.17) is 4.74 Å². The summed E-state index contributed by atoms with van der Waals surface area (Å²) in [6.45, 7) is 7.16. The number of nitrogens with one attached hydrogen (secondary N) is 1. The highest BCUT2D eigenvalue weighted by molar-refractivity contribution is 7.89. The van der Waals surface area contributed by atoms with E-state index in [-0.39, 0.29) is 16.4 Å². The van der Waals surface area contributed by atoms with E-state index in [9.17, 15) is 13.2 Å². The molecular weight excluding hydrogens is 412 g/mol. The van der Waals surface area contributed by atoms with Crippen LogP contribution in [0.25, 0.3) is 0 Å². The van der Waals surface area contributed by atoms with Crippen molar-refractivity contribution in [3.63, 3.8) is 0 Å². The van der Waals surface area contributed by atoms with Crippen molar-refractivity contribution in [3.8, 4) is 5.75 Å². The molecule has 1 fully saturated rings. The minimum absolute atomic E-state index is 0.0584. The van der Waals surface area contributed by atoms with Crippen LogP contribution in [0.2, 0.25) is 0 Å². The van der Waals surface area contributed by atoms with Gasteiger partial charge in [0.1, 0.15) is 5.75 Å². The maximum atomic E-state index is 13.2. The summed E-state index contributed by atoms with van der Waals surface area (Å²) in [5.41, 5.74) is 3.36. The highest BCUT2D eigenvalue weighted by atomic mass is 32.2. The van der Waals surface area contributed by atoms with E-state index in [2.05, 4.69) is 4.72 Å². The Bertz CT molecular complexity index is 1040. The molecule has 0 radical (unpaired) electrons. The molecule has 2 aromatic rings. The van der Waals surface area contributed by atoms with Crippen LogP contribution in [0.1, 0.15) is 65.7 Å². The summed E-state index contributed by atoms with van der Waals surface area (Å²) in [5.74, 6) is 0.203. The zero-order valence-electron chi connectivity index (χ0n) is 18.8. The number of likely N-dealkylation sites (tertiary alicyclic amines) is 1. The molecule has 0 aromatic heterocycles. The number of amides is 1. The third kappa shape index (κ3) is 5.46. The lowest BCUT2D eigenvalue weighted by molar-refractivity contribution is 0.0758. The van der Waals surface area contributed by atoms with E-state index in [0.29, 0.717) is 18.8 Å². The van der Waals surface area contributed by atoms with E-state index in [0.717, 1.165) is 42.4 Å². The molecular formula is C24H32N2O4S. The summed E-state index contributed by atoms with van der Waals surface area (Å²) in [6, 6.07) is 10.0. The summed E-state index contributed by atoms with van der Waals surface area (Å²) < 4.78 is 34.4. The van der Waals surface area contributed by atoms with Crippen LogP contribution in [0, 0.1) is 13.8 Å². The molecule has 6 nitrogen and oxygen atoms in total. The van der Waals surface area contributed by atoms with Crippen molar-refractivity contribution < 1.29 is 17.9 Å². The Morgan fingerprint density at radius 3 is 2.32 bits per heavy atom. The molecule has 0 spiro atoms. The van der Waals surface area contributed by atoms with Crippen molar-refractivity contribution in [3.05, 3.63) is 58.7 Å². The van der Waals surface area contributed by atoms with Crippen LogP contribution in [-0.2, 0) is 10.0 Å². The highest BCUT2D eigenvalue weighted by Gasteiger charge is 2.25. The molecule has 3 rings (SSSR count). The first-order chi connectivity index (χ1) is 14.7. The summed E-state index contributed by atoms with van der Waals surface area (Å²) >= 11 is 0. The minimum atomic E-state index is -3.83. The second kappa shape index (κ2) is 9.83. The van der Waals surface area contributed by atoms with Gasteiger partial charge >= 0.3 is 0 Å². The number of rotatable bonds is 6. The van der Waals surface area contributed by atoms with Gasteiger partial charge in [0.05, 0.1) is 17.6 Å². The van der Waals surface area contributed by atoms with Gasteiger partial charge in [0, 0.05) is 19.1 Å². The highest BCUT2D eigenvalue weighted by Crippen LogP contribution is 2.27. The molecule has 31 heavy (non-hydrogen) atoms. The van der Waals surface area contributed by atoms with Crippen LogP contribution < -0.4 is 9.46 Å². The van der Waals surface area contributed by atoms with Gasteiger partial charge in [-0.25, -0.2) is 13.1 Å². The van der Waals surface area contributed by atoms with Gasteiger partial charge < -0.3 is 9.64 Å². The summed E-state index contributed by atoms with van der Waals surface area (Å²) in [6.07, 6.45) is 4.13. The van der Waals surface area contributed by atoms with Gasteiger partial charge in [-0.3, -0.25) is 4.79 Å². The number of carbonyl (C=O) groups is 1. The Hall–Kier alpha value is -2.38. The van der Waals surface area contributed by atoms with Gasteiger partial charge in [0.2, 0.25) is 10.0 Å². The van der Waals surface area contributed by atoms with Gasteiger partial charge in [-0.1, -0.05) is 36.6 Å². The number of nitrogens with zero attached hydrogens (tertiary/aromatic N) is 1. The van der Waals surface area contributed by atoms with Gasteiger partial charge in [-0.05, 0) is 62.9 Å². The first-order valence-electron chi connectivity index (χ1n) is 10.8. The smallest absolute Gasteiger partial charge is 0.257 e. The monoisotopic (exact) mass is 444 g/mol. The van der Waals surface area contributed by atoms with Crippen LogP contribution in [0.5, 0.6) is 5.75 Å². The Morgan fingerprint density at radius 1 is 1.03 bits per heavy atom. The average molecular weight is 445 g/mol. The summed E-state index contributed by atoms with van der Waals surface area (Å²) in [4.78, 5) is 15.0. The van der Waals surface area contributed by atoms with E-state index in [1.54, 1.807) is 11.0 Å². The molecule has 1 saturated heterocycles. The van der Waals surface area contributed by atoms with E-state index < -0.39 is 16.1 Å². The molecule has 7 heteroatoms. The fraction of sp³-hybridized carbons (Fsp3) is 0.458. The normalized spacial score (nSPS) is 15.9. The Kier molecular flexibility index (Phi) is 7.38. The van der Waals surface area contributed by atoms with Crippen LogP contribution >= 0.6 is 0 Å². The van der Waals surface area contributed by atoms with E-state index >= 15 is 0 Å². The number of hydrogen-bond acceptors (Lipinski definition) is 4. The van der Waals surface area contributed by atoms with Crippen LogP contribution in [0.4, 0.5) is 0 Å². The zero-order valence-corrected chi connectivity index (χ0v) is 19.6. The van der Waals surface area contributed by atoms with E-state index in [1.165, 1.54) is 19.2 Å². The molecule has 2 aromatic carbocycles. The van der Waals surface area contributed by atoms with Gasteiger partial charge in [-0.15, -0.1) is 0 Å². The lowest BCUT2D eigenvalue weighted by atomic mass is 10.0. The predicted molar refractivity (Wildman–Crippen MR) is 122 cm³/mol. The second-order valence-electron chi connectivity index (χ2n) is 8.27. The van der Waals surface area contributed by atoms with Crippen molar-refractivity contribution in [1.29, 1.82) is 0 Å². The third-order valence-electron chi connectivity index (χ3n) is 5.83. The van der Waals surface area contributed by atoms with Crippen LogP contribution in [0.3, 0.4) is 0 Å². The van der Waals surface area contributed by atoms with Gasteiger partial charge in [-0.2, -0.15) is 0 Å². The lowest BCUT2D eigenvalue weighted by Gasteiger charge is -2.22. The average Bonchev–Trinajstić information content (AvgIpc) is 3.01. The number of benzene rings is 2. The molecule has 0 aliphatic carbocycles. The molecule has 1 heterocycles. The first-order valence-corrected chi connectivity index (χ1v) is 12.3. The Labute approximate surface area is 185 Å². The van der Waals surface area contributed by atoms with Gasteiger partial charge in [0.15, 0.2) is 0 Å².